The van der Waals surface area contributed by atoms with E-state index < -0.39 is 0 Å². The van der Waals surface area contributed by atoms with Crippen molar-refractivity contribution in [1.82, 2.24) is 4.90 Å². The fraction of sp³-hybridized carbons (Fsp3) is 0.462. The second-order valence-electron chi connectivity index (χ2n) is 4.22. The first-order valence-corrected chi connectivity index (χ1v) is 6.54. The van der Waals surface area contributed by atoms with E-state index in [0.717, 1.165) is 10.9 Å². The molecule has 0 saturated carbocycles. The van der Waals surface area contributed by atoms with Gasteiger partial charge in [-0.25, -0.2) is 0 Å². The largest absolute Gasteiger partial charge is 0.342 e. The van der Waals surface area contributed by atoms with Gasteiger partial charge in [-0.1, -0.05) is 28.1 Å². The van der Waals surface area contributed by atoms with E-state index in [9.17, 15) is 4.79 Å². The van der Waals surface area contributed by atoms with Crippen molar-refractivity contribution in [3.63, 3.8) is 0 Å². The summed E-state index contributed by atoms with van der Waals surface area (Å²) in [5.41, 5.74) is 6.71. The molecule has 0 aliphatic rings. The summed E-state index contributed by atoms with van der Waals surface area (Å²) < 4.78 is 1.06. The molecule has 1 rings (SSSR count). The highest BCUT2D eigenvalue weighted by atomic mass is 79.9. The number of nitrogens with zero attached hydrogens (tertiary/aromatic N) is 1. The van der Waals surface area contributed by atoms with E-state index >= 15 is 0 Å². The Morgan fingerprint density at radius 1 is 1.39 bits per heavy atom. The molecule has 1 aromatic carbocycles. The van der Waals surface area contributed by atoms with Crippen LogP contribution >= 0.6 is 28.3 Å². The van der Waals surface area contributed by atoms with Gasteiger partial charge in [0.05, 0.1) is 0 Å². The minimum atomic E-state index is 0. The Balaban J connectivity index is 0.00000289. The van der Waals surface area contributed by atoms with Crippen LogP contribution in [0.5, 0.6) is 0 Å². The van der Waals surface area contributed by atoms with E-state index in [-0.39, 0.29) is 24.4 Å². The van der Waals surface area contributed by atoms with Crippen molar-refractivity contribution >= 4 is 34.2 Å². The molecule has 0 bridgehead atoms. The Morgan fingerprint density at radius 2 is 1.94 bits per heavy atom. The van der Waals surface area contributed by atoms with E-state index in [1.165, 1.54) is 5.56 Å². The lowest BCUT2D eigenvalue weighted by atomic mass is 10.1. The van der Waals surface area contributed by atoms with Crippen LogP contribution in [0.25, 0.3) is 0 Å². The summed E-state index contributed by atoms with van der Waals surface area (Å²) in [4.78, 5) is 13.6. The zero-order valence-corrected chi connectivity index (χ0v) is 13.1. The Labute approximate surface area is 123 Å². The molecular weight excluding hydrogens is 316 g/mol. The van der Waals surface area contributed by atoms with Gasteiger partial charge in [0.1, 0.15) is 0 Å². The molecule has 0 aliphatic heterocycles. The van der Waals surface area contributed by atoms with Gasteiger partial charge in [-0.3, -0.25) is 4.79 Å². The fourth-order valence-electron chi connectivity index (χ4n) is 1.48. The molecular formula is C13H20BrClN2O. The first-order chi connectivity index (χ1) is 8.04. The summed E-state index contributed by atoms with van der Waals surface area (Å²) in [7, 11) is 1.81. The number of halogens is 2. The van der Waals surface area contributed by atoms with Gasteiger partial charge in [0, 0.05) is 30.5 Å². The lowest BCUT2D eigenvalue weighted by Crippen LogP contribution is -2.39. The SMILES string of the molecule is CC(CN)N(C)C(=O)CCc1ccc(Br)cc1.Cl. The van der Waals surface area contributed by atoms with Crippen LogP contribution in [0.2, 0.25) is 0 Å². The summed E-state index contributed by atoms with van der Waals surface area (Å²) in [5, 5.41) is 0. The minimum Gasteiger partial charge on any atom is -0.342 e. The molecule has 0 heterocycles. The third-order valence-corrected chi connectivity index (χ3v) is 3.47. The summed E-state index contributed by atoms with van der Waals surface area (Å²) >= 11 is 3.39. The quantitative estimate of drug-likeness (QED) is 0.899. The summed E-state index contributed by atoms with van der Waals surface area (Å²) in [5.74, 6) is 0.144. The van der Waals surface area contributed by atoms with E-state index in [4.69, 9.17) is 5.73 Å². The van der Waals surface area contributed by atoms with Crippen LogP contribution in [0.3, 0.4) is 0 Å². The molecule has 5 heteroatoms. The Bertz CT molecular complexity index is 370. The van der Waals surface area contributed by atoms with Crippen LogP contribution in [-0.4, -0.2) is 30.4 Å². The van der Waals surface area contributed by atoms with Crippen molar-refractivity contribution in [2.45, 2.75) is 25.8 Å². The van der Waals surface area contributed by atoms with Crippen molar-refractivity contribution in [2.24, 2.45) is 5.73 Å². The molecule has 0 spiro atoms. The van der Waals surface area contributed by atoms with Crippen molar-refractivity contribution in [2.75, 3.05) is 13.6 Å². The van der Waals surface area contributed by atoms with Gasteiger partial charge in [-0.15, -0.1) is 12.4 Å². The van der Waals surface area contributed by atoms with Crippen molar-refractivity contribution in [3.05, 3.63) is 34.3 Å². The molecule has 0 aromatic heterocycles. The number of likely N-dealkylation sites (N-methyl/N-ethyl adjacent to an activating group) is 1. The monoisotopic (exact) mass is 334 g/mol. The number of benzene rings is 1. The van der Waals surface area contributed by atoms with Gasteiger partial charge in [-0.05, 0) is 31.0 Å². The van der Waals surface area contributed by atoms with Gasteiger partial charge in [0.2, 0.25) is 5.91 Å². The lowest BCUT2D eigenvalue weighted by molar-refractivity contribution is -0.131. The van der Waals surface area contributed by atoms with Gasteiger partial charge in [0.15, 0.2) is 0 Å². The molecule has 0 radical (unpaired) electrons. The van der Waals surface area contributed by atoms with E-state index in [2.05, 4.69) is 15.9 Å². The first-order valence-electron chi connectivity index (χ1n) is 5.74. The number of carbonyl (C=O) groups excluding carboxylic acids is 1. The maximum Gasteiger partial charge on any atom is 0.222 e. The van der Waals surface area contributed by atoms with E-state index in [1.807, 2.05) is 31.2 Å². The highest BCUT2D eigenvalue weighted by Gasteiger charge is 2.13. The number of hydrogen-bond acceptors (Lipinski definition) is 2. The number of nitrogens with two attached hydrogens (primary N) is 1. The number of aryl methyl sites for hydroxylation is 1. The summed E-state index contributed by atoms with van der Waals surface area (Å²) in [6.45, 7) is 2.46. The summed E-state index contributed by atoms with van der Waals surface area (Å²) in [6, 6.07) is 8.15. The van der Waals surface area contributed by atoms with E-state index in [0.29, 0.717) is 13.0 Å². The molecule has 18 heavy (non-hydrogen) atoms. The number of hydrogen-bond donors (Lipinski definition) is 1. The third-order valence-electron chi connectivity index (χ3n) is 2.94. The molecule has 1 aromatic rings. The van der Waals surface area contributed by atoms with Crippen molar-refractivity contribution in [3.8, 4) is 0 Å². The van der Waals surface area contributed by atoms with Crippen LogP contribution in [-0.2, 0) is 11.2 Å². The molecule has 0 fully saturated rings. The van der Waals surface area contributed by atoms with Gasteiger partial charge in [0.25, 0.3) is 0 Å². The highest BCUT2D eigenvalue weighted by molar-refractivity contribution is 9.10. The zero-order chi connectivity index (χ0) is 12.8. The van der Waals surface area contributed by atoms with Crippen LogP contribution in [0.1, 0.15) is 18.9 Å². The number of amides is 1. The standard InChI is InChI=1S/C13H19BrN2O.ClH/c1-10(9-15)16(2)13(17)8-5-11-3-6-12(14)7-4-11;/h3-4,6-7,10H,5,8-9,15H2,1-2H3;1H. The Morgan fingerprint density at radius 3 is 2.44 bits per heavy atom. The fourth-order valence-corrected chi connectivity index (χ4v) is 1.75. The maximum atomic E-state index is 11.8. The Hall–Kier alpha value is -0.580. The molecule has 1 amide bonds. The molecule has 0 aliphatic carbocycles. The predicted octanol–water partition coefficient (Wildman–Crippen LogP) is 2.61. The number of carbonyl (C=O) groups is 1. The van der Waals surface area contributed by atoms with Crippen LogP contribution in [0.15, 0.2) is 28.7 Å². The van der Waals surface area contributed by atoms with Crippen molar-refractivity contribution < 1.29 is 4.79 Å². The predicted molar refractivity (Wildman–Crippen MR) is 81.0 cm³/mol. The van der Waals surface area contributed by atoms with Gasteiger partial charge in [-0.2, -0.15) is 0 Å². The smallest absolute Gasteiger partial charge is 0.222 e. The minimum absolute atomic E-state index is 0. The molecule has 0 saturated heterocycles. The van der Waals surface area contributed by atoms with Gasteiger partial charge >= 0.3 is 0 Å². The second-order valence-corrected chi connectivity index (χ2v) is 5.13. The third kappa shape index (κ3) is 5.38. The molecule has 102 valence electrons. The van der Waals surface area contributed by atoms with E-state index in [1.54, 1.807) is 11.9 Å². The Kier molecular flexibility index (Phi) is 8.24. The topological polar surface area (TPSA) is 46.3 Å². The first kappa shape index (κ1) is 17.4. The molecule has 3 nitrogen and oxygen atoms in total. The zero-order valence-electron chi connectivity index (χ0n) is 10.7. The highest BCUT2D eigenvalue weighted by Crippen LogP contribution is 2.12. The number of rotatable bonds is 5. The lowest BCUT2D eigenvalue weighted by Gasteiger charge is -2.23. The maximum absolute atomic E-state index is 11.8. The second kappa shape index (κ2) is 8.51. The molecule has 2 N–H and O–H groups in total. The molecule has 1 atom stereocenters. The van der Waals surface area contributed by atoms with Crippen LogP contribution in [0.4, 0.5) is 0 Å². The average Bonchev–Trinajstić information content (AvgIpc) is 2.35. The van der Waals surface area contributed by atoms with Crippen LogP contribution in [0, 0.1) is 0 Å². The normalized spacial score (nSPS) is 11.6. The van der Waals surface area contributed by atoms with Crippen LogP contribution < -0.4 is 5.73 Å². The average molecular weight is 336 g/mol. The van der Waals surface area contributed by atoms with Gasteiger partial charge < -0.3 is 10.6 Å². The molecule has 1 unspecified atom stereocenters. The summed E-state index contributed by atoms with van der Waals surface area (Å²) in [6.07, 6.45) is 1.30. The van der Waals surface area contributed by atoms with Crippen molar-refractivity contribution in [1.29, 1.82) is 0 Å².